The summed E-state index contributed by atoms with van der Waals surface area (Å²) in [6, 6.07) is 16.1. The first-order valence-corrected chi connectivity index (χ1v) is 9.27. The number of aryl methyl sites for hydroxylation is 1. The number of nitrogens with zero attached hydrogens (tertiary/aromatic N) is 1. The number of amides is 1. The van der Waals surface area contributed by atoms with E-state index in [0.717, 1.165) is 58.2 Å². The summed E-state index contributed by atoms with van der Waals surface area (Å²) in [5.41, 5.74) is 2.95. The molecule has 2 aromatic carbocycles. The molecule has 1 N–H and O–H groups in total. The summed E-state index contributed by atoms with van der Waals surface area (Å²) in [6.07, 6.45) is 0. The van der Waals surface area contributed by atoms with Crippen molar-refractivity contribution in [2.45, 2.75) is 6.92 Å². The van der Waals surface area contributed by atoms with Gasteiger partial charge in [-0.05, 0) is 36.1 Å². The van der Waals surface area contributed by atoms with Crippen molar-refractivity contribution in [3.8, 4) is 0 Å². The zero-order valence-electron chi connectivity index (χ0n) is 14.1. The molecule has 1 aliphatic heterocycles. The summed E-state index contributed by atoms with van der Waals surface area (Å²) in [6.45, 7) is 5.14. The van der Waals surface area contributed by atoms with Gasteiger partial charge in [0.05, 0.1) is 29.5 Å². The molecule has 3 aromatic rings. The van der Waals surface area contributed by atoms with Crippen LogP contribution in [-0.2, 0) is 4.74 Å². The first kappa shape index (κ1) is 16.1. The van der Waals surface area contributed by atoms with E-state index >= 15 is 0 Å². The molecule has 1 aliphatic rings. The van der Waals surface area contributed by atoms with Gasteiger partial charge in [-0.25, -0.2) is 0 Å². The van der Waals surface area contributed by atoms with E-state index in [4.69, 9.17) is 4.74 Å². The lowest BCUT2D eigenvalue weighted by Crippen LogP contribution is -2.36. The molecule has 1 fully saturated rings. The number of rotatable bonds is 3. The van der Waals surface area contributed by atoms with Crippen LogP contribution in [0.4, 0.5) is 11.4 Å². The molecule has 4 rings (SSSR count). The molecule has 1 aromatic heterocycles. The van der Waals surface area contributed by atoms with Crippen molar-refractivity contribution in [1.29, 1.82) is 0 Å². The van der Waals surface area contributed by atoms with Crippen LogP contribution >= 0.6 is 11.3 Å². The first-order chi connectivity index (χ1) is 12.2. The van der Waals surface area contributed by atoms with Gasteiger partial charge in [-0.2, -0.15) is 0 Å². The fourth-order valence-corrected chi connectivity index (χ4v) is 4.33. The van der Waals surface area contributed by atoms with Gasteiger partial charge in [0, 0.05) is 17.8 Å². The highest BCUT2D eigenvalue weighted by Crippen LogP contribution is 2.32. The molecule has 1 saturated heterocycles. The molecular weight excluding hydrogens is 332 g/mol. The number of morpholine rings is 1. The number of fused-ring (bicyclic) bond motifs is 1. The highest BCUT2D eigenvalue weighted by atomic mass is 32.1. The van der Waals surface area contributed by atoms with Crippen molar-refractivity contribution >= 4 is 38.7 Å². The zero-order chi connectivity index (χ0) is 17.2. The molecule has 0 bridgehead atoms. The lowest BCUT2D eigenvalue weighted by Gasteiger charge is -2.30. The summed E-state index contributed by atoms with van der Waals surface area (Å²) < 4.78 is 6.58. The average molecular weight is 352 g/mol. The van der Waals surface area contributed by atoms with E-state index in [2.05, 4.69) is 28.4 Å². The van der Waals surface area contributed by atoms with Crippen LogP contribution in [0.2, 0.25) is 0 Å². The fourth-order valence-electron chi connectivity index (χ4n) is 3.23. The number of ether oxygens (including phenoxy) is 1. The van der Waals surface area contributed by atoms with Crippen molar-refractivity contribution in [2.75, 3.05) is 36.5 Å². The third-order valence-corrected chi connectivity index (χ3v) is 5.83. The van der Waals surface area contributed by atoms with Crippen molar-refractivity contribution in [3.05, 3.63) is 59.0 Å². The largest absolute Gasteiger partial charge is 0.378 e. The van der Waals surface area contributed by atoms with E-state index in [-0.39, 0.29) is 5.91 Å². The van der Waals surface area contributed by atoms with Gasteiger partial charge < -0.3 is 15.0 Å². The second-order valence-corrected chi connectivity index (χ2v) is 7.18. The van der Waals surface area contributed by atoms with Gasteiger partial charge in [-0.1, -0.05) is 30.3 Å². The molecule has 0 unspecified atom stereocenters. The summed E-state index contributed by atoms with van der Waals surface area (Å²) in [5.74, 6) is -0.0422. The minimum Gasteiger partial charge on any atom is -0.378 e. The maximum Gasteiger partial charge on any atom is 0.266 e. The molecule has 0 aliphatic carbocycles. The Bertz CT molecular complexity index is 913. The molecule has 0 radical (unpaired) electrons. The minimum absolute atomic E-state index is 0.0422. The van der Waals surface area contributed by atoms with Crippen molar-refractivity contribution in [1.82, 2.24) is 0 Å². The molecule has 5 heteroatoms. The Balaban J connectivity index is 1.63. The van der Waals surface area contributed by atoms with Gasteiger partial charge in [0.15, 0.2) is 0 Å². The number of carbonyl (C=O) groups is 1. The molecule has 2 heterocycles. The van der Waals surface area contributed by atoms with Gasteiger partial charge in [0.2, 0.25) is 0 Å². The average Bonchev–Trinajstić information content (AvgIpc) is 3.00. The maximum absolute atomic E-state index is 12.9. The number of anilines is 2. The molecule has 0 spiro atoms. The van der Waals surface area contributed by atoms with Crippen LogP contribution < -0.4 is 10.2 Å². The third-order valence-electron chi connectivity index (χ3n) is 4.55. The summed E-state index contributed by atoms with van der Waals surface area (Å²) in [4.78, 5) is 15.9. The Kier molecular flexibility index (Phi) is 4.42. The second-order valence-electron chi connectivity index (χ2n) is 6.12. The minimum atomic E-state index is -0.0422. The number of carbonyl (C=O) groups excluding carboxylic acids is 1. The standard InChI is InChI=1S/C20H20N2O2S/c1-14-15-6-2-5-9-18(15)25-19(14)20(23)21-16-7-3-4-8-17(16)22-10-12-24-13-11-22/h2-9H,10-13H2,1H3,(H,21,23). The normalized spacial score (nSPS) is 14.7. The summed E-state index contributed by atoms with van der Waals surface area (Å²) in [5, 5.41) is 4.27. The molecule has 25 heavy (non-hydrogen) atoms. The Morgan fingerprint density at radius 1 is 1.08 bits per heavy atom. The van der Waals surface area contributed by atoms with Gasteiger partial charge in [-0.15, -0.1) is 11.3 Å². The zero-order valence-corrected chi connectivity index (χ0v) is 14.9. The second kappa shape index (κ2) is 6.86. The van der Waals surface area contributed by atoms with E-state index in [1.807, 2.05) is 37.3 Å². The number of benzene rings is 2. The molecule has 0 saturated carbocycles. The van der Waals surface area contributed by atoms with Gasteiger partial charge in [0.25, 0.3) is 5.91 Å². The fraction of sp³-hybridized carbons (Fsp3) is 0.250. The lowest BCUT2D eigenvalue weighted by molar-refractivity contribution is 0.103. The third kappa shape index (κ3) is 3.13. The van der Waals surface area contributed by atoms with E-state index in [9.17, 15) is 4.79 Å². The Labute approximate surface area is 151 Å². The van der Waals surface area contributed by atoms with E-state index in [1.54, 1.807) is 11.3 Å². The quantitative estimate of drug-likeness (QED) is 0.764. The Morgan fingerprint density at radius 3 is 2.60 bits per heavy atom. The van der Waals surface area contributed by atoms with Gasteiger partial charge in [0.1, 0.15) is 0 Å². The van der Waals surface area contributed by atoms with Crippen LogP contribution in [0.1, 0.15) is 15.2 Å². The Morgan fingerprint density at radius 2 is 1.80 bits per heavy atom. The molecule has 128 valence electrons. The Hall–Kier alpha value is -2.37. The van der Waals surface area contributed by atoms with E-state index in [0.29, 0.717) is 0 Å². The topological polar surface area (TPSA) is 41.6 Å². The first-order valence-electron chi connectivity index (χ1n) is 8.45. The van der Waals surface area contributed by atoms with Crippen molar-refractivity contribution < 1.29 is 9.53 Å². The number of hydrogen-bond donors (Lipinski definition) is 1. The number of nitrogens with one attached hydrogen (secondary N) is 1. The monoisotopic (exact) mass is 352 g/mol. The number of hydrogen-bond acceptors (Lipinski definition) is 4. The maximum atomic E-state index is 12.9. The highest BCUT2D eigenvalue weighted by molar-refractivity contribution is 7.21. The smallest absolute Gasteiger partial charge is 0.266 e. The molecule has 1 amide bonds. The van der Waals surface area contributed by atoms with E-state index in [1.165, 1.54) is 0 Å². The van der Waals surface area contributed by atoms with Crippen LogP contribution in [0.3, 0.4) is 0 Å². The van der Waals surface area contributed by atoms with Crippen molar-refractivity contribution in [2.24, 2.45) is 0 Å². The predicted molar refractivity (Wildman–Crippen MR) is 104 cm³/mol. The molecule has 0 atom stereocenters. The van der Waals surface area contributed by atoms with Crippen LogP contribution in [0.25, 0.3) is 10.1 Å². The van der Waals surface area contributed by atoms with E-state index < -0.39 is 0 Å². The molecule has 4 nitrogen and oxygen atoms in total. The predicted octanol–water partition coefficient (Wildman–Crippen LogP) is 4.30. The van der Waals surface area contributed by atoms with Crippen LogP contribution in [0.5, 0.6) is 0 Å². The lowest BCUT2D eigenvalue weighted by atomic mass is 10.1. The van der Waals surface area contributed by atoms with Gasteiger partial charge >= 0.3 is 0 Å². The van der Waals surface area contributed by atoms with Crippen LogP contribution in [0, 0.1) is 6.92 Å². The van der Waals surface area contributed by atoms with Crippen molar-refractivity contribution in [3.63, 3.8) is 0 Å². The van der Waals surface area contributed by atoms with Crippen LogP contribution in [-0.4, -0.2) is 32.2 Å². The van der Waals surface area contributed by atoms with Crippen LogP contribution in [0.15, 0.2) is 48.5 Å². The summed E-state index contributed by atoms with van der Waals surface area (Å²) >= 11 is 1.55. The number of thiophene rings is 1. The highest BCUT2D eigenvalue weighted by Gasteiger charge is 2.19. The summed E-state index contributed by atoms with van der Waals surface area (Å²) in [7, 11) is 0. The van der Waals surface area contributed by atoms with Gasteiger partial charge in [-0.3, -0.25) is 4.79 Å². The number of para-hydroxylation sites is 2. The molecular formula is C20H20N2O2S. The SMILES string of the molecule is Cc1c(C(=O)Nc2ccccc2N2CCOCC2)sc2ccccc12.